The first-order chi connectivity index (χ1) is 15.3. The van der Waals surface area contributed by atoms with Crippen molar-refractivity contribution < 1.29 is 27.4 Å². The van der Waals surface area contributed by atoms with Crippen LogP contribution in [-0.4, -0.2) is 76.7 Å². The zero-order valence-corrected chi connectivity index (χ0v) is 19.4. The van der Waals surface area contributed by atoms with E-state index in [4.69, 9.17) is 25.8 Å². The van der Waals surface area contributed by atoms with E-state index in [2.05, 4.69) is 0 Å². The van der Waals surface area contributed by atoms with Gasteiger partial charge in [0, 0.05) is 18.3 Å². The molecular weight excluding hydrogens is 456 g/mol. The van der Waals surface area contributed by atoms with Crippen LogP contribution in [0.3, 0.4) is 0 Å². The lowest BCUT2D eigenvalue weighted by molar-refractivity contribution is -0.123. The fraction of sp³-hybridized carbons (Fsp3) is 0.409. The first kappa shape index (κ1) is 22.7. The molecule has 32 heavy (non-hydrogen) atoms. The van der Waals surface area contributed by atoms with Crippen molar-refractivity contribution in [2.75, 3.05) is 50.3 Å². The first-order valence-electron chi connectivity index (χ1n) is 10.2. The number of carbonyl (C=O) groups excluding carboxylic acids is 1. The molecule has 8 nitrogen and oxygen atoms in total. The van der Waals surface area contributed by atoms with E-state index >= 15 is 0 Å². The number of anilines is 1. The van der Waals surface area contributed by atoms with Crippen LogP contribution in [0, 0.1) is 0 Å². The Bertz CT molecular complexity index is 1090. The number of piperazine rings is 1. The molecule has 0 radical (unpaired) electrons. The summed E-state index contributed by atoms with van der Waals surface area (Å²) in [5, 5.41) is 0.366. The van der Waals surface area contributed by atoms with Crippen molar-refractivity contribution in [3.8, 4) is 17.2 Å². The predicted octanol–water partition coefficient (Wildman–Crippen LogP) is 2.25. The zero-order valence-electron chi connectivity index (χ0n) is 17.9. The number of hydrogen-bond donors (Lipinski definition) is 0. The van der Waals surface area contributed by atoms with Gasteiger partial charge in [-0.05, 0) is 42.5 Å². The van der Waals surface area contributed by atoms with E-state index in [1.807, 2.05) is 4.90 Å². The summed E-state index contributed by atoms with van der Waals surface area (Å²) in [4.78, 5) is 16.6. The minimum Gasteiger partial charge on any atom is -0.497 e. The van der Waals surface area contributed by atoms with Gasteiger partial charge >= 0.3 is 0 Å². The summed E-state index contributed by atoms with van der Waals surface area (Å²) in [6, 6.07) is 11.5. The number of nitrogens with zero attached hydrogens (tertiary/aromatic N) is 2. The van der Waals surface area contributed by atoms with Gasteiger partial charge in [-0.1, -0.05) is 11.6 Å². The SMILES string of the molecule is COc1ccc(OCCN2CC(=O)N(c3ccc(OC)c(Cl)c3)[C@@H]3CS(=O)(=O)C[C@@H]32)cc1. The van der Waals surface area contributed by atoms with Gasteiger partial charge in [-0.15, -0.1) is 0 Å². The fourth-order valence-electron chi connectivity index (χ4n) is 4.30. The van der Waals surface area contributed by atoms with Gasteiger partial charge in [0.2, 0.25) is 5.91 Å². The maximum absolute atomic E-state index is 13.1. The first-order valence-corrected chi connectivity index (χ1v) is 12.4. The molecule has 2 heterocycles. The third kappa shape index (κ3) is 4.65. The van der Waals surface area contributed by atoms with Crippen molar-refractivity contribution in [3.05, 3.63) is 47.5 Å². The number of hydrogen-bond acceptors (Lipinski definition) is 7. The molecule has 2 aromatic carbocycles. The van der Waals surface area contributed by atoms with Gasteiger partial charge in [0.25, 0.3) is 0 Å². The van der Waals surface area contributed by atoms with Crippen molar-refractivity contribution in [3.63, 3.8) is 0 Å². The molecule has 0 saturated carbocycles. The summed E-state index contributed by atoms with van der Waals surface area (Å²) < 4.78 is 41.1. The van der Waals surface area contributed by atoms with Crippen molar-refractivity contribution >= 4 is 33.0 Å². The van der Waals surface area contributed by atoms with E-state index in [1.54, 1.807) is 54.5 Å². The van der Waals surface area contributed by atoms with Crippen LogP contribution in [-0.2, 0) is 14.6 Å². The Morgan fingerprint density at radius 1 is 1.00 bits per heavy atom. The Kier molecular flexibility index (Phi) is 6.50. The lowest BCUT2D eigenvalue weighted by atomic mass is 10.0. The van der Waals surface area contributed by atoms with Crippen LogP contribution in [0.1, 0.15) is 0 Å². The molecule has 0 unspecified atom stereocenters. The second kappa shape index (κ2) is 9.17. The molecule has 2 aliphatic rings. The van der Waals surface area contributed by atoms with Crippen molar-refractivity contribution in [1.82, 2.24) is 4.90 Å². The molecule has 4 rings (SSSR count). The number of amides is 1. The third-order valence-electron chi connectivity index (χ3n) is 5.82. The molecule has 0 bridgehead atoms. The number of halogens is 1. The van der Waals surface area contributed by atoms with Gasteiger partial charge in [0.1, 0.15) is 23.9 Å². The topological polar surface area (TPSA) is 85.4 Å². The van der Waals surface area contributed by atoms with E-state index < -0.39 is 15.9 Å². The van der Waals surface area contributed by atoms with Gasteiger partial charge in [0.15, 0.2) is 9.84 Å². The van der Waals surface area contributed by atoms with E-state index in [-0.39, 0.29) is 30.0 Å². The maximum atomic E-state index is 13.1. The Balaban J connectivity index is 1.49. The summed E-state index contributed by atoms with van der Waals surface area (Å²) in [6.07, 6.45) is 0. The van der Waals surface area contributed by atoms with Gasteiger partial charge in [-0.25, -0.2) is 8.42 Å². The normalized spacial score (nSPS) is 22.5. The standard InChI is InChI=1S/C22H25ClN2O6S/c1-29-16-4-6-17(7-5-16)31-10-9-24-12-22(26)25(20-14-32(27,28)13-19(20)24)15-3-8-21(30-2)18(23)11-15/h3-8,11,19-20H,9-10,12-14H2,1-2H3/t19-,20+/m0/s1. The molecule has 0 aliphatic carbocycles. The molecular formula is C22H25ClN2O6S. The van der Waals surface area contributed by atoms with Crippen molar-refractivity contribution in [2.45, 2.75) is 12.1 Å². The monoisotopic (exact) mass is 480 g/mol. The van der Waals surface area contributed by atoms with Crippen LogP contribution in [0.2, 0.25) is 5.02 Å². The minimum atomic E-state index is -3.28. The quantitative estimate of drug-likeness (QED) is 0.600. The average Bonchev–Trinajstić information content (AvgIpc) is 3.09. The Hall–Kier alpha value is -2.49. The highest BCUT2D eigenvalue weighted by atomic mass is 35.5. The smallest absolute Gasteiger partial charge is 0.241 e. The fourth-order valence-corrected chi connectivity index (χ4v) is 6.53. The molecule has 10 heteroatoms. The highest BCUT2D eigenvalue weighted by Crippen LogP contribution is 2.35. The highest BCUT2D eigenvalue weighted by Gasteiger charge is 2.49. The molecule has 2 saturated heterocycles. The Morgan fingerprint density at radius 2 is 1.69 bits per heavy atom. The molecule has 0 spiro atoms. The molecule has 2 aromatic rings. The minimum absolute atomic E-state index is 0.00781. The number of sulfone groups is 1. The number of rotatable bonds is 7. The molecule has 2 fully saturated rings. The highest BCUT2D eigenvalue weighted by molar-refractivity contribution is 7.91. The van der Waals surface area contributed by atoms with Crippen LogP contribution >= 0.6 is 11.6 Å². The van der Waals surface area contributed by atoms with Gasteiger partial charge in [-0.2, -0.15) is 0 Å². The number of methoxy groups -OCH3 is 2. The summed E-state index contributed by atoms with van der Waals surface area (Å²) in [7, 11) is -0.174. The number of fused-ring (bicyclic) bond motifs is 1. The Morgan fingerprint density at radius 3 is 2.34 bits per heavy atom. The third-order valence-corrected chi connectivity index (χ3v) is 7.82. The zero-order chi connectivity index (χ0) is 22.9. The second-order valence-electron chi connectivity index (χ2n) is 7.79. The molecule has 0 N–H and O–H groups in total. The summed E-state index contributed by atoms with van der Waals surface area (Å²) in [6.45, 7) is 0.870. The molecule has 172 valence electrons. The maximum Gasteiger partial charge on any atom is 0.241 e. The number of benzene rings is 2. The second-order valence-corrected chi connectivity index (χ2v) is 10.3. The number of ether oxygens (including phenoxy) is 3. The average molecular weight is 481 g/mol. The van der Waals surface area contributed by atoms with Gasteiger partial charge in [0.05, 0.1) is 43.3 Å². The molecule has 2 aliphatic heterocycles. The summed E-state index contributed by atoms with van der Waals surface area (Å²) in [5.74, 6) is 1.66. The molecule has 2 atom stereocenters. The van der Waals surface area contributed by atoms with Crippen LogP contribution in [0.4, 0.5) is 5.69 Å². The lowest BCUT2D eigenvalue weighted by Crippen LogP contribution is -2.62. The van der Waals surface area contributed by atoms with E-state index in [9.17, 15) is 13.2 Å². The Labute approximate surface area is 192 Å². The summed E-state index contributed by atoms with van der Waals surface area (Å²) >= 11 is 6.25. The van der Waals surface area contributed by atoms with Crippen molar-refractivity contribution in [2.24, 2.45) is 0 Å². The van der Waals surface area contributed by atoms with Crippen molar-refractivity contribution in [1.29, 1.82) is 0 Å². The van der Waals surface area contributed by atoms with E-state index in [0.717, 1.165) is 5.75 Å². The lowest BCUT2D eigenvalue weighted by Gasteiger charge is -2.43. The van der Waals surface area contributed by atoms with Gasteiger partial charge < -0.3 is 19.1 Å². The largest absolute Gasteiger partial charge is 0.497 e. The summed E-state index contributed by atoms with van der Waals surface area (Å²) in [5.41, 5.74) is 0.571. The van der Waals surface area contributed by atoms with E-state index in [1.165, 1.54) is 7.11 Å². The predicted molar refractivity (Wildman–Crippen MR) is 122 cm³/mol. The number of carbonyl (C=O) groups is 1. The molecule has 0 aromatic heterocycles. The van der Waals surface area contributed by atoms with Crippen LogP contribution < -0.4 is 19.1 Å². The van der Waals surface area contributed by atoms with Crippen LogP contribution in [0.25, 0.3) is 0 Å². The molecule has 1 amide bonds. The van der Waals surface area contributed by atoms with Gasteiger partial charge in [-0.3, -0.25) is 9.69 Å². The van der Waals surface area contributed by atoms with E-state index in [0.29, 0.717) is 35.4 Å². The van der Waals surface area contributed by atoms with Crippen LogP contribution in [0.5, 0.6) is 17.2 Å². The van der Waals surface area contributed by atoms with Crippen LogP contribution in [0.15, 0.2) is 42.5 Å².